The van der Waals surface area contributed by atoms with Crippen LogP contribution in [0.15, 0.2) is 16.8 Å². The van der Waals surface area contributed by atoms with Gasteiger partial charge in [0.15, 0.2) is 5.78 Å². The van der Waals surface area contributed by atoms with E-state index in [9.17, 15) is 15.1 Å². The molecular weight excluding hydrogens is 290 g/mol. The fraction of sp³-hybridized carbons (Fsp3) is 0.789. The fourth-order valence-corrected chi connectivity index (χ4v) is 6.64. The lowest BCUT2D eigenvalue weighted by Gasteiger charge is -2.58. The monoisotopic (exact) mass is 317 g/mol. The lowest BCUT2D eigenvalue weighted by atomic mass is 9.46. The second-order valence-electron chi connectivity index (χ2n) is 8.66. The van der Waals surface area contributed by atoms with Crippen LogP contribution in [-0.2, 0) is 4.79 Å². The minimum absolute atomic E-state index is 0.0311. The van der Waals surface area contributed by atoms with Gasteiger partial charge < -0.3 is 10.3 Å². The third kappa shape index (κ3) is 1.93. The number of hydrogen-bond donors (Lipinski definition) is 2. The van der Waals surface area contributed by atoms with Gasteiger partial charge >= 0.3 is 0 Å². The summed E-state index contributed by atoms with van der Waals surface area (Å²) in [5, 5.41) is 24.0. The van der Waals surface area contributed by atoms with Crippen molar-refractivity contribution in [3.05, 3.63) is 11.6 Å². The van der Waals surface area contributed by atoms with Gasteiger partial charge in [-0.3, -0.25) is 4.79 Å². The Labute approximate surface area is 137 Å². The van der Waals surface area contributed by atoms with Crippen LogP contribution in [0.4, 0.5) is 0 Å². The minimum atomic E-state index is -0.377. The summed E-state index contributed by atoms with van der Waals surface area (Å²) >= 11 is 0. The zero-order valence-electron chi connectivity index (χ0n) is 14.1. The van der Waals surface area contributed by atoms with Crippen LogP contribution in [-0.4, -0.2) is 27.9 Å². The van der Waals surface area contributed by atoms with E-state index in [0.29, 0.717) is 24.7 Å². The standard InChI is InChI=1S/C19H27NO3/c1-18-8-7-12(21)9-11(18)3-4-13-14-5-6-16(20-23)19(14,2)10-15(22)17(13)18/h9,13-15,17,22-23H,3-8,10H2,1-2H3/t13?,14?,15-,17?,18-,19-/m0/s1. The predicted molar refractivity (Wildman–Crippen MR) is 87.3 cm³/mol. The molecule has 0 aromatic carbocycles. The zero-order chi connectivity index (χ0) is 16.4. The quantitative estimate of drug-likeness (QED) is 0.532. The summed E-state index contributed by atoms with van der Waals surface area (Å²) in [6.07, 6.45) is 7.62. The van der Waals surface area contributed by atoms with Gasteiger partial charge in [-0.05, 0) is 67.8 Å². The summed E-state index contributed by atoms with van der Waals surface area (Å²) in [5.41, 5.74) is 1.96. The highest BCUT2D eigenvalue weighted by Crippen LogP contribution is 2.64. The Bertz CT molecular complexity index is 610. The maximum Gasteiger partial charge on any atom is 0.155 e. The molecule has 0 amide bonds. The van der Waals surface area contributed by atoms with Crippen LogP contribution >= 0.6 is 0 Å². The van der Waals surface area contributed by atoms with Gasteiger partial charge in [-0.15, -0.1) is 0 Å². The fourth-order valence-electron chi connectivity index (χ4n) is 6.64. The Hall–Kier alpha value is -1.16. The van der Waals surface area contributed by atoms with Crippen molar-refractivity contribution in [2.24, 2.45) is 33.7 Å². The molecule has 0 heterocycles. The van der Waals surface area contributed by atoms with Crippen LogP contribution in [0, 0.1) is 28.6 Å². The van der Waals surface area contributed by atoms with Gasteiger partial charge in [0, 0.05) is 11.8 Å². The van der Waals surface area contributed by atoms with E-state index >= 15 is 0 Å². The molecule has 0 saturated heterocycles. The first kappa shape index (κ1) is 15.4. The molecule has 4 aliphatic carbocycles. The summed E-state index contributed by atoms with van der Waals surface area (Å²) < 4.78 is 0. The molecule has 2 N–H and O–H groups in total. The lowest BCUT2D eigenvalue weighted by molar-refractivity contribution is -0.122. The SMILES string of the molecule is C[C@]12CCC(=O)C=C1CCC1C2[C@@H](O)C[C@]2(C)C(=NO)CCC12. The van der Waals surface area contributed by atoms with E-state index in [0.717, 1.165) is 37.8 Å². The van der Waals surface area contributed by atoms with E-state index in [-0.39, 0.29) is 28.6 Å². The third-order valence-corrected chi connectivity index (χ3v) is 7.76. The highest BCUT2D eigenvalue weighted by molar-refractivity contribution is 5.92. The summed E-state index contributed by atoms with van der Waals surface area (Å²) in [5.74, 6) is 1.46. The molecule has 23 heavy (non-hydrogen) atoms. The molecule has 0 aromatic heterocycles. The van der Waals surface area contributed by atoms with E-state index in [1.54, 1.807) is 0 Å². The topological polar surface area (TPSA) is 69.9 Å². The molecule has 0 aliphatic heterocycles. The number of aliphatic hydroxyl groups is 1. The van der Waals surface area contributed by atoms with Gasteiger partial charge in [-0.25, -0.2) is 0 Å². The van der Waals surface area contributed by atoms with Crippen molar-refractivity contribution in [2.45, 2.75) is 64.9 Å². The zero-order valence-corrected chi connectivity index (χ0v) is 14.1. The summed E-state index contributed by atoms with van der Waals surface area (Å²) in [6, 6.07) is 0. The Morgan fingerprint density at radius 2 is 1.96 bits per heavy atom. The number of nitrogens with zero attached hydrogens (tertiary/aromatic N) is 1. The van der Waals surface area contributed by atoms with E-state index in [2.05, 4.69) is 19.0 Å². The largest absolute Gasteiger partial charge is 0.411 e. The van der Waals surface area contributed by atoms with Crippen molar-refractivity contribution in [1.29, 1.82) is 0 Å². The molecule has 0 spiro atoms. The Kier molecular flexibility index (Phi) is 3.29. The first-order valence-corrected chi connectivity index (χ1v) is 9.03. The molecule has 0 aromatic rings. The molecule has 3 unspecified atom stereocenters. The van der Waals surface area contributed by atoms with Gasteiger partial charge in [0.2, 0.25) is 0 Å². The molecule has 3 saturated carbocycles. The molecule has 0 radical (unpaired) electrons. The predicted octanol–water partition coefficient (Wildman–Crippen LogP) is 3.32. The van der Waals surface area contributed by atoms with Crippen molar-refractivity contribution in [3.8, 4) is 0 Å². The molecule has 6 atom stereocenters. The first-order chi connectivity index (χ1) is 10.9. The van der Waals surface area contributed by atoms with Gasteiger partial charge in [-0.2, -0.15) is 0 Å². The van der Waals surface area contributed by atoms with Gasteiger partial charge in [0.05, 0.1) is 11.8 Å². The second-order valence-corrected chi connectivity index (χ2v) is 8.66. The van der Waals surface area contributed by atoms with Gasteiger partial charge in [0.25, 0.3) is 0 Å². The number of carbonyl (C=O) groups excluding carboxylic acids is 1. The Morgan fingerprint density at radius 1 is 1.17 bits per heavy atom. The number of carbonyl (C=O) groups is 1. The van der Waals surface area contributed by atoms with Gasteiger partial charge in [-0.1, -0.05) is 24.6 Å². The van der Waals surface area contributed by atoms with E-state index in [4.69, 9.17) is 0 Å². The van der Waals surface area contributed by atoms with Crippen LogP contribution in [0.25, 0.3) is 0 Å². The lowest BCUT2D eigenvalue weighted by Crippen LogP contribution is -2.56. The van der Waals surface area contributed by atoms with Crippen molar-refractivity contribution in [3.63, 3.8) is 0 Å². The average Bonchev–Trinajstić information content (AvgIpc) is 2.83. The van der Waals surface area contributed by atoms with E-state index in [1.165, 1.54) is 5.57 Å². The molecule has 4 rings (SSSR count). The van der Waals surface area contributed by atoms with Crippen LogP contribution in [0.1, 0.15) is 58.8 Å². The summed E-state index contributed by atoms with van der Waals surface area (Å²) in [7, 11) is 0. The minimum Gasteiger partial charge on any atom is -0.411 e. The molecular formula is C19H27NO3. The Balaban J connectivity index is 1.75. The second kappa shape index (κ2) is 4.92. The van der Waals surface area contributed by atoms with Crippen LogP contribution in [0.2, 0.25) is 0 Å². The average molecular weight is 317 g/mol. The first-order valence-electron chi connectivity index (χ1n) is 9.03. The maximum absolute atomic E-state index is 11.8. The van der Waals surface area contributed by atoms with Gasteiger partial charge in [0.1, 0.15) is 0 Å². The number of fused-ring (bicyclic) bond motifs is 5. The number of hydrogen-bond acceptors (Lipinski definition) is 4. The highest BCUT2D eigenvalue weighted by Gasteiger charge is 2.61. The van der Waals surface area contributed by atoms with Crippen molar-refractivity contribution in [1.82, 2.24) is 0 Å². The van der Waals surface area contributed by atoms with Crippen molar-refractivity contribution in [2.75, 3.05) is 0 Å². The molecule has 0 bridgehead atoms. The molecule has 3 fully saturated rings. The number of allylic oxidation sites excluding steroid dienone is 1. The van der Waals surface area contributed by atoms with Crippen LogP contribution in [0.3, 0.4) is 0 Å². The number of aliphatic hydroxyl groups excluding tert-OH is 1. The summed E-state index contributed by atoms with van der Waals surface area (Å²) in [4.78, 5) is 11.8. The molecule has 4 nitrogen and oxygen atoms in total. The Morgan fingerprint density at radius 3 is 2.70 bits per heavy atom. The third-order valence-electron chi connectivity index (χ3n) is 7.76. The van der Waals surface area contributed by atoms with Crippen molar-refractivity contribution >= 4 is 11.5 Å². The summed E-state index contributed by atoms with van der Waals surface area (Å²) in [6.45, 7) is 4.45. The van der Waals surface area contributed by atoms with Crippen LogP contribution < -0.4 is 0 Å². The molecule has 4 heteroatoms. The maximum atomic E-state index is 11.8. The van der Waals surface area contributed by atoms with Crippen LogP contribution in [0.5, 0.6) is 0 Å². The number of ketones is 1. The normalized spacial score (nSPS) is 51.0. The molecule has 4 aliphatic rings. The number of rotatable bonds is 0. The van der Waals surface area contributed by atoms with Crippen molar-refractivity contribution < 1.29 is 15.1 Å². The van der Waals surface area contributed by atoms with E-state index in [1.807, 2.05) is 6.08 Å². The highest BCUT2D eigenvalue weighted by atomic mass is 16.4. The number of oxime groups is 1. The smallest absolute Gasteiger partial charge is 0.155 e. The molecule has 126 valence electrons. The van der Waals surface area contributed by atoms with E-state index < -0.39 is 0 Å².